The highest BCUT2D eigenvalue weighted by Gasteiger charge is 2.30. The van der Waals surface area contributed by atoms with Gasteiger partial charge in [-0.05, 0) is 32.9 Å². The minimum Gasteiger partial charge on any atom is -0.490 e. The van der Waals surface area contributed by atoms with Gasteiger partial charge >= 0.3 is 18.0 Å². The van der Waals surface area contributed by atoms with Crippen LogP contribution in [-0.4, -0.2) is 50.4 Å². The van der Waals surface area contributed by atoms with Crippen LogP contribution in [0.1, 0.15) is 20.8 Å². The molecular formula is C19H24N2O7. The molecular weight excluding hydrogens is 368 g/mol. The summed E-state index contributed by atoms with van der Waals surface area (Å²) in [5.74, 6) is -0.320. The molecule has 0 spiro atoms. The van der Waals surface area contributed by atoms with Gasteiger partial charge in [-0.2, -0.15) is 0 Å². The fourth-order valence-electron chi connectivity index (χ4n) is 2.57. The number of hydrogen-bond donors (Lipinski definition) is 2. The molecule has 2 rings (SSSR count). The van der Waals surface area contributed by atoms with Crippen LogP contribution in [0.2, 0.25) is 0 Å². The van der Waals surface area contributed by atoms with Crippen LogP contribution >= 0.6 is 0 Å². The second-order valence-corrected chi connectivity index (χ2v) is 5.76. The summed E-state index contributed by atoms with van der Waals surface area (Å²) in [5.41, 5.74) is 0.384. The Morgan fingerprint density at radius 3 is 2.36 bits per heavy atom. The van der Waals surface area contributed by atoms with E-state index in [2.05, 4.69) is 10.6 Å². The number of nitrogens with one attached hydrogen (secondary N) is 2. The zero-order valence-corrected chi connectivity index (χ0v) is 16.1. The molecule has 9 nitrogen and oxygen atoms in total. The van der Waals surface area contributed by atoms with E-state index in [0.29, 0.717) is 18.1 Å². The van der Waals surface area contributed by atoms with Gasteiger partial charge in [0.1, 0.15) is 6.61 Å². The summed E-state index contributed by atoms with van der Waals surface area (Å²) in [6, 6.07) is 5.89. The van der Waals surface area contributed by atoms with Crippen molar-refractivity contribution < 1.29 is 33.3 Å². The molecule has 1 aliphatic rings. The zero-order valence-electron chi connectivity index (χ0n) is 16.1. The predicted molar refractivity (Wildman–Crippen MR) is 98.9 cm³/mol. The summed E-state index contributed by atoms with van der Waals surface area (Å²) >= 11 is 0. The Hall–Kier alpha value is -3.23. The predicted octanol–water partition coefficient (Wildman–Crippen LogP) is 1.53. The third-order valence-electron chi connectivity index (χ3n) is 3.74. The average Bonchev–Trinajstić information content (AvgIpc) is 2.65. The van der Waals surface area contributed by atoms with Crippen molar-refractivity contribution in [1.82, 2.24) is 10.6 Å². The summed E-state index contributed by atoms with van der Waals surface area (Å²) in [5, 5.41) is 5.05. The molecule has 2 amide bonds. The standard InChI is InChI=1S/C19H24N2O7/c1-4-25-14-8-6-7-9-15(14)27-11-16(22)28-10-13-17(18(23)26-5-2)12(3)20-19(24)21-13/h6-9,12H,4-5,10-11H2,1-3H3,(H2,20,21,24)/t12-/m1/s1. The number of rotatable bonds is 9. The molecule has 0 aromatic heterocycles. The molecule has 1 heterocycles. The number of carbonyl (C=O) groups is 3. The summed E-state index contributed by atoms with van der Waals surface area (Å²) < 4.78 is 21.0. The lowest BCUT2D eigenvalue weighted by atomic mass is 10.0. The van der Waals surface area contributed by atoms with Crippen LogP contribution in [0.15, 0.2) is 35.5 Å². The molecule has 152 valence electrons. The summed E-state index contributed by atoms with van der Waals surface area (Å²) in [6.45, 7) is 5.16. The van der Waals surface area contributed by atoms with Crippen LogP contribution in [-0.2, 0) is 19.1 Å². The number of urea groups is 1. The van der Waals surface area contributed by atoms with Crippen LogP contribution in [0, 0.1) is 0 Å². The molecule has 0 aliphatic carbocycles. The number of hydrogen-bond acceptors (Lipinski definition) is 7. The minimum absolute atomic E-state index is 0.178. The van der Waals surface area contributed by atoms with E-state index in [4.69, 9.17) is 18.9 Å². The van der Waals surface area contributed by atoms with Gasteiger partial charge < -0.3 is 29.6 Å². The zero-order chi connectivity index (χ0) is 20.5. The molecule has 0 bridgehead atoms. The van der Waals surface area contributed by atoms with E-state index in [-0.39, 0.29) is 31.1 Å². The molecule has 0 radical (unpaired) electrons. The van der Waals surface area contributed by atoms with Crippen molar-refractivity contribution in [1.29, 1.82) is 0 Å². The first kappa shape index (κ1) is 21.1. The van der Waals surface area contributed by atoms with E-state index in [1.165, 1.54) is 0 Å². The van der Waals surface area contributed by atoms with E-state index in [1.807, 2.05) is 6.92 Å². The van der Waals surface area contributed by atoms with Crippen molar-refractivity contribution in [3.8, 4) is 11.5 Å². The minimum atomic E-state index is -0.664. The molecule has 0 saturated heterocycles. The van der Waals surface area contributed by atoms with Crippen LogP contribution in [0.3, 0.4) is 0 Å². The summed E-state index contributed by atoms with van der Waals surface area (Å²) in [7, 11) is 0. The molecule has 0 fully saturated rings. The van der Waals surface area contributed by atoms with Gasteiger partial charge in [-0.1, -0.05) is 12.1 Å². The van der Waals surface area contributed by atoms with Crippen LogP contribution < -0.4 is 20.1 Å². The molecule has 2 N–H and O–H groups in total. The number of para-hydroxylation sites is 2. The highest BCUT2D eigenvalue weighted by molar-refractivity contribution is 5.94. The topological polar surface area (TPSA) is 112 Å². The average molecular weight is 392 g/mol. The largest absolute Gasteiger partial charge is 0.490 e. The molecule has 1 aliphatic heterocycles. The second-order valence-electron chi connectivity index (χ2n) is 5.76. The van der Waals surface area contributed by atoms with Crippen LogP contribution in [0.4, 0.5) is 4.79 Å². The highest BCUT2D eigenvalue weighted by Crippen LogP contribution is 2.26. The van der Waals surface area contributed by atoms with Crippen LogP contribution in [0.5, 0.6) is 11.5 Å². The van der Waals surface area contributed by atoms with Gasteiger partial charge in [0.2, 0.25) is 0 Å². The van der Waals surface area contributed by atoms with Gasteiger partial charge in [-0.3, -0.25) is 0 Å². The van der Waals surface area contributed by atoms with Gasteiger partial charge in [0.25, 0.3) is 0 Å². The van der Waals surface area contributed by atoms with E-state index < -0.39 is 24.0 Å². The number of carbonyl (C=O) groups excluding carboxylic acids is 3. The molecule has 1 aromatic carbocycles. The first-order chi connectivity index (χ1) is 13.5. The third-order valence-corrected chi connectivity index (χ3v) is 3.74. The van der Waals surface area contributed by atoms with Gasteiger partial charge in [-0.15, -0.1) is 0 Å². The fourth-order valence-corrected chi connectivity index (χ4v) is 2.57. The van der Waals surface area contributed by atoms with Crippen molar-refractivity contribution in [3.05, 3.63) is 35.5 Å². The SMILES string of the molecule is CCOC(=O)C1=C(COC(=O)COc2ccccc2OCC)NC(=O)N[C@@H]1C. The normalized spacial score (nSPS) is 16.0. The molecule has 1 atom stereocenters. The van der Waals surface area contributed by atoms with Crippen molar-refractivity contribution in [2.75, 3.05) is 26.4 Å². The van der Waals surface area contributed by atoms with Crippen molar-refractivity contribution >= 4 is 18.0 Å². The fraction of sp³-hybridized carbons (Fsp3) is 0.421. The summed E-state index contributed by atoms with van der Waals surface area (Å²) in [4.78, 5) is 35.8. The quantitative estimate of drug-likeness (QED) is 0.613. The second kappa shape index (κ2) is 10.2. The Morgan fingerprint density at radius 2 is 1.71 bits per heavy atom. The first-order valence-electron chi connectivity index (χ1n) is 8.94. The summed E-state index contributed by atoms with van der Waals surface area (Å²) in [6.07, 6.45) is 0. The lowest BCUT2D eigenvalue weighted by molar-refractivity contribution is -0.145. The van der Waals surface area contributed by atoms with E-state index in [0.717, 1.165) is 0 Å². The number of ether oxygens (including phenoxy) is 4. The molecule has 9 heteroatoms. The maximum atomic E-state index is 12.1. The van der Waals surface area contributed by atoms with E-state index in [9.17, 15) is 14.4 Å². The first-order valence-corrected chi connectivity index (χ1v) is 8.94. The highest BCUT2D eigenvalue weighted by atomic mass is 16.6. The molecule has 0 unspecified atom stereocenters. The van der Waals surface area contributed by atoms with Gasteiger partial charge in [0.15, 0.2) is 18.1 Å². The Bertz CT molecular complexity index is 760. The maximum Gasteiger partial charge on any atom is 0.344 e. The van der Waals surface area contributed by atoms with E-state index in [1.54, 1.807) is 38.1 Å². The maximum absolute atomic E-state index is 12.1. The van der Waals surface area contributed by atoms with Gasteiger partial charge in [0.05, 0.1) is 30.5 Å². The Morgan fingerprint density at radius 1 is 1.04 bits per heavy atom. The number of amides is 2. The smallest absolute Gasteiger partial charge is 0.344 e. The van der Waals surface area contributed by atoms with Gasteiger partial charge in [0, 0.05) is 0 Å². The Balaban J connectivity index is 1.99. The number of benzene rings is 1. The lowest BCUT2D eigenvalue weighted by Gasteiger charge is -2.26. The van der Waals surface area contributed by atoms with Crippen LogP contribution in [0.25, 0.3) is 0 Å². The molecule has 28 heavy (non-hydrogen) atoms. The van der Waals surface area contributed by atoms with Crippen molar-refractivity contribution in [3.63, 3.8) is 0 Å². The van der Waals surface area contributed by atoms with Gasteiger partial charge in [-0.25, -0.2) is 14.4 Å². The molecule has 0 saturated carbocycles. The van der Waals surface area contributed by atoms with Crippen molar-refractivity contribution in [2.45, 2.75) is 26.8 Å². The van der Waals surface area contributed by atoms with E-state index >= 15 is 0 Å². The third kappa shape index (κ3) is 5.63. The molecule has 1 aromatic rings. The lowest BCUT2D eigenvalue weighted by Crippen LogP contribution is -2.50. The van der Waals surface area contributed by atoms with Crippen molar-refractivity contribution in [2.24, 2.45) is 0 Å². The Kier molecular flexibility index (Phi) is 7.67. The Labute approximate surface area is 163 Å². The number of esters is 2. The monoisotopic (exact) mass is 392 g/mol.